The van der Waals surface area contributed by atoms with Gasteiger partial charge in [0.1, 0.15) is 0 Å². The Bertz CT molecular complexity index is 143. The number of nitrogens with two attached hydrogens (primary N) is 1. The number of carbonyl (C=O) groups excluding carboxylic acids is 1. The van der Waals surface area contributed by atoms with Crippen LogP contribution in [0, 0.1) is 0 Å². The van der Waals surface area contributed by atoms with Gasteiger partial charge < -0.3 is 16.4 Å². The molecule has 12 heavy (non-hydrogen) atoms. The summed E-state index contributed by atoms with van der Waals surface area (Å²) in [6.07, 6.45) is 2.52. The van der Waals surface area contributed by atoms with Gasteiger partial charge in [-0.05, 0) is 25.9 Å². The van der Waals surface area contributed by atoms with Crippen LogP contribution in [0.4, 0.5) is 0 Å². The largest absolute Gasteiger partial charge is 0.353 e. The van der Waals surface area contributed by atoms with E-state index < -0.39 is 0 Å². The first-order valence-corrected chi connectivity index (χ1v) is 4.53. The van der Waals surface area contributed by atoms with Crippen LogP contribution < -0.4 is 16.4 Å². The normalized spacial score (nSPS) is 19.1. The molecule has 0 aromatic rings. The summed E-state index contributed by atoms with van der Waals surface area (Å²) in [5.74, 6) is 0.0874. The van der Waals surface area contributed by atoms with E-state index in [2.05, 4.69) is 10.6 Å². The van der Waals surface area contributed by atoms with Crippen molar-refractivity contribution in [3.63, 3.8) is 0 Å². The Kier molecular flexibility index (Phi) is 4.04. The average molecular weight is 171 g/mol. The Labute approximate surface area is 72.9 Å². The fraction of sp³-hybridized carbons (Fsp3) is 0.875. The maximum Gasteiger partial charge on any atom is 0.221 e. The van der Waals surface area contributed by atoms with Gasteiger partial charge in [-0.25, -0.2) is 0 Å². The lowest BCUT2D eigenvalue weighted by Crippen LogP contribution is -2.43. The molecule has 1 rings (SSSR count). The molecule has 0 aromatic carbocycles. The van der Waals surface area contributed by atoms with Gasteiger partial charge in [0.15, 0.2) is 0 Å². The summed E-state index contributed by atoms with van der Waals surface area (Å²) in [5, 5.41) is 6.20. The minimum Gasteiger partial charge on any atom is -0.353 e. The van der Waals surface area contributed by atoms with Crippen molar-refractivity contribution in [1.82, 2.24) is 10.6 Å². The highest BCUT2D eigenvalue weighted by Crippen LogP contribution is 2.01. The van der Waals surface area contributed by atoms with E-state index in [-0.39, 0.29) is 5.91 Å². The molecule has 1 aliphatic heterocycles. The van der Waals surface area contributed by atoms with Crippen LogP contribution in [-0.2, 0) is 4.79 Å². The number of hydrogen-bond acceptors (Lipinski definition) is 3. The molecule has 4 nitrogen and oxygen atoms in total. The first kappa shape index (κ1) is 9.48. The summed E-state index contributed by atoms with van der Waals surface area (Å²) in [5.41, 5.74) is 5.26. The van der Waals surface area contributed by atoms with Crippen LogP contribution >= 0.6 is 0 Å². The van der Waals surface area contributed by atoms with E-state index in [9.17, 15) is 4.79 Å². The number of nitrogens with one attached hydrogen (secondary N) is 2. The van der Waals surface area contributed by atoms with Crippen LogP contribution in [0.2, 0.25) is 0 Å². The highest BCUT2D eigenvalue weighted by Gasteiger charge is 2.14. The predicted molar refractivity (Wildman–Crippen MR) is 47.7 cm³/mol. The third kappa shape index (κ3) is 3.19. The molecule has 0 aromatic heterocycles. The van der Waals surface area contributed by atoms with Crippen molar-refractivity contribution in [2.45, 2.75) is 25.3 Å². The molecule has 1 heterocycles. The first-order valence-electron chi connectivity index (χ1n) is 4.53. The maximum atomic E-state index is 11.1. The summed E-state index contributed by atoms with van der Waals surface area (Å²) in [6, 6.07) is 0.366. The maximum absolute atomic E-state index is 11.1. The number of amides is 1. The Morgan fingerprint density at radius 1 is 1.50 bits per heavy atom. The Hall–Kier alpha value is -0.610. The smallest absolute Gasteiger partial charge is 0.221 e. The molecule has 70 valence electrons. The standard InChI is InChI=1S/C8H17N3O/c9-4-1-8(12)11-7-2-5-10-6-3-7/h7,10H,1-6,9H2,(H,11,12). The van der Waals surface area contributed by atoms with Gasteiger partial charge in [0.05, 0.1) is 0 Å². The third-order valence-electron chi connectivity index (χ3n) is 2.08. The summed E-state index contributed by atoms with van der Waals surface area (Å²) in [4.78, 5) is 11.1. The molecule has 1 aliphatic rings. The van der Waals surface area contributed by atoms with Crippen molar-refractivity contribution in [1.29, 1.82) is 0 Å². The zero-order valence-corrected chi connectivity index (χ0v) is 7.31. The lowest BCUT2D eigenvalue weighted by atomic mass is 10.1. The Balaban J connectivity index is 2.15. The third-order valence-corrected chi connectivity index (χ3v) is 2.08. The molecule has 0 radical (unpaired) electrons. The van der Waals surface area contributed by atoms with E-state index in [0.717, 1.165) is 25.9 Å². The van der Waals surface area contributed by atoms with E-state index >= 15 is 0 Å². The summed E-state index contributed by atoms with van der Waals surface area (Å²) in [6.45, 7) is 2.46. The zero-order chi connectivity index (χ0) is 8.81. The minimum absolute atomic E-state index is 0.0874. The van der Waals surface area contributed by atoms with Crippen molar-refractivity contribution in [2.24, 2.45) is 5.73 Å². The first-order chi connectivity index (χ1) is 5.83. The van der Waals surface area contributed by atoms with Gasteiger partial charge in [0.2, 0.25) is 5.91 Å². The summed E-state index contributed by atoms with van der Waals surface area (Å²) in [7, 11) is 0. The van der Waals surface area contributed by atoms with Crippen LogP contribution in [0.1, 0.15) is 19.3 Å². The van der Waals surface area contributed by atoms with Crippen molar-refractivity contribution < 1.29 is 4.79 Å². The highest BCUT2D eigenvalue weighted by molar-refractivity contribution is 5.76. The molecule has 0 saturated carbocycles. The van der Waals surface area contributed by atoms with Gasteiger partial charge in [0, 0.05) is 19.0 Å². The predicted octanol–water partition coefficient (Wildman–Crippen LogP) is -0.797. The van der Waals surface area contributed by atoms with Gasteiger partial charge in [-0.2, -0.15) is 0 Å². The van der Waals surface area contributed by atoms with Crippen molar-refractivity contribution >= 4 is 5.91 Å². The van der Waals surface area contributed by atoms with Gasteiger partial charge >= 0.3 is 0 Å². The van der Waals surface area contributed by atoms with Crippen LogP contribution in [-0.4, -0.2) is 31.6 Å². The van der Waals surface area contributed by atoms with E-state index in [0.29, 0.717) is 19.0 Å². The molecule has 1 fully saturated rings. The van der Waals surface area contributed by atoms with Crippen LogP contribution in [0.15, 0.2) is 0 Å². The summed E-state index contributed by atoms with van der Waals surface area (Å²) < 4.78 is 0. The van der Waals surface area contributed by atoms with Crippen molar-refractivity contribution in [3.05, 3.63) is 0 Å². The summed E-state index contributed by atoms with van der Waals surface area (Å²) >= 11 is 0. The SMILES string of the molecule is NCCC(=O)NC1CCNCC1. The van der Waals surface area contributed by atoms with Gasteiger partial charge in [-0.15, -0.1) is 0 Å². The van der Waals surface area contributed by atoms with E-state index in [1.807, 2.05) is 0 Å². The second-order valence-corrected chi connectivity index (χ2v) is 3.13. The second-order valence-electron chi connectivity index (χ2n) is 3.13. The number of hydrogen-bond donors (Lipinski definition) is 3. The number of piperidine rings is 1. The molecule has 0 unspecified atom stereocenters. The Morgan fingerprint density at radius 3 is 2.75 bits per heavy atom. The molecular formula is C8H17N3O. The van der Waals surface area contributed by atoms with Gasteiger partial charge in [-0.1, -0.05) is 0 Å². The molecule has 4 heteroatoms. The van der Waals surface area contributed by atoms with Crippen LogP contribution in [0.25, 0.3) is 0 Å². The van der Waals surface area contributed by atoms with E-state index in [1.165, 1.54) is 0 Å². The lowest BCUT2D eigenvalue weighted by molar-refractivity contribution is -0.121. The van der Waals surface area contributed by atoms with Crippen molar-refractivity contribution in [3.8, 4) is 0 Å². The lowest BCUT2D eigenvalue weighted by Gasteiger charge is -2.23. The number of carbonyl (C=O) groups is 1. The topological polar surface area (TPSA) is 67.2 Å². The van der Waals surface area contributed by atoms with E-state index in [4.69, 9.17) is 5.73 Å². The highest BCUT2D eigenvalue weighted by atomic mass is 16.1. The molecule has 0 spiro atoms. The molecule has 0 bridgehead atoms. The van der Waals surface area contributed by atoms with E-state index in [1.54, 1.807) is 0 Å². The Morgan fingerprint density at radius 2 is 2.17 bits per heavy atom. The van der Waals surface area contributed by atoms with Gasteiger partial charge in [-0.3, -0.25) is 4.79 Å². The second kappa shape index (κ2) is 5.11. The molecule has 1 amide bonds. The van der Waals surface area contributed by atoms with Crippen molar-refractivity contribution in [2.75, 3.05) is 19.6 Å². The molecule has 1 saturated heterocycles. The monoisotopic (exact) mass is 171 g/mol. The molecule has 4 N–H and O–H groups in total. The average Bonchev–Trinajstić information content (AvgIpc) is 2.06. The molecular weight excluding hydrogens is 154 g/mol. The minimum atomic E-state index is 0.0874. The zero-order valence-electron chi connectivity index (χ0n) is 7.31. The molecule has 0 atom stereocenters. The fourth-order valence-corrected chi connectivity index (χ4v) is 1.40. The molecule has 0 aliphatic carbocycles. The van der Waals surface area contributed by atoms with Crippen LogP contribution in [0.5, 0.6) is 0 Å². The van der Waals surface area contributed by atoms with Crippen LogP contribution in [0.3, 0.4) is 0 Å². The quantitative estimate of drug-likeness (QED) is 0.521. The fourth-order valence-electron chi connectivity index (χ4n) is 1.40. The number of rotatable bonds is 3. The van der Waals surface area contributed by atoms with Gasteiger partial charge in [0.25, 0.3) is 0 Å².